The summed E-state index contributed by atoms with van der Waals surface area (Å²) in [6.45, 7) is 0. The zero-order valence-corrected chi connectivity index (χ0v) is 11.5. The lowest BCUT2D eigenvalue weighted by atomic mass is 10.2. The van der Waals surface area contributed by atoms with Crippen molar-refractivity contribution in [3.8, 4) is 17.2 Å². The van der Waals surface area contributed by atoms with Crippen molar-refractivity contribution in [3.05, 3.63) is 47.0 Å². The lowest BCUT2D eigenvalue weighted by Crippen LogP contribution is -2.10. The molecule has 2 aromatic rings. The van der Waals surface area contributed by atoms with Crippen LogP contribution >= 0.6 is 11.6 Å². The highest BCUT2D eigenvalue weighted by molar-refractivity contribution is 6.30. The minimum atomic E-state index is -0.541. The molecule has 0 atom stereocenters. The van der Waals surface area contributed by atoms with Crippen LogP contribution in [0.4, 0.5) is 5.69 Å². The molecule has 0 spiro atoms. The lowest BCUT2D eigenvalue weighted by Gasteiger charge is -2.12. The van der Waals surface area contributed by atoms with Crippen molar-refractivity contribution in [2.45, 2.75) is 0 Å². The van der Waals surface area contributed by atoms with E-state index in [1.165, 1.54) is 13.2 Å². The highest BCUT2D eigenvalue weighted by atomic mass is 35.5. The molecule has 1 amide bonds. The number of hydrogen-bond acceptors (Lipinski definition) is 4. The summed E-state index contributed by atoms with van der Waals surface area (Å²) in [6.07, 6.45) is 0. The van der Waals surface area contributed by atoms with Crippen LogP contribution in [0.3, 0.4) is 0 Å². The summed E-state index contributed by atoms with van der Waals surface area (Å²) >= 11 is 5.82. The van der Waals surface area contributed by atoms with E-state index in [1.807, 2.05) is 0 Å². The van der Waals surface area contributed by atoms with Crippen molar-refractivity contribution >= 4 is 23.2 Å². The van der Waals surface area contributed by atoms with Gasteiger partial charge < -0.3 is 20.9 Å². The van der Waals surface area contributed by atoms with Crippen LogP contribution in [-0.4, -0.2) is 13.0 Å². The Morgan fingerprint density at radius 3 is 2.40 bits per heavy atom. The standard InChI is InChI=1S/C14H13ClN2O3/c1-19-13-6-8(14(17)18)2-4-12(13)20-11-5-3-9(15)7-10(11)16/h2-7H,16H2,1H3,(H2,17,18). The Labute approximate surface area is 121 Å². The third kappa shape index (κ3) is 2.95. The van der Waals surface area contributed by atoms with Gasteiger partial charge in [0.05, 0.1) is 12.8 Å². The molecule has 6 heteroatoms. The van der Waals surface area contributed by atoms with E-state index in [1.54, 1.807) is 30.3 Å². The molecule has 4 N–H and O–H groups in total. The van der Waals surface area contributed by atoms with Crippen molar-refractivity contribution < 1.29 is 14.3 Å². The Morgan fingerprint density at radius 2 is 1.80 bits per heavy atom. The zero-order chi connectivity index (χ0) is 14.7. The van der Waals surface area contributed by atoms with Gasteiger partial charge in [0.25, 0.3) is 0 Å². The number of ether oxygens (including phenoxy) is 2. The second-order valence-corrected chi connectivity index (χ2v) is 4.45. The van der Waals surface area contributed by atoms with Gasteiger partial charge in [-0.1, -0.05) is 11.6 Å². The second kappa shape index (κ2) is 5.71. The molecule has 0 fully saturated rings. The van der Waals surface area contributed by atoms with E-state index in [-0.39, 0.29) is 0 Å². The van der Waals surface area contributed by atoms with Gasteiger partial charge in [-0.3, -0.25) is 4.79 Å². The van der Waals surface area contributed by atoms with Crippen molar-refractivity contribution in [1.29, 1.82) is 0 Å². The fourth-order valence-electron chi connectivity index (χ4n) is 1.64. The molecule has 0 bridgehead atoms. The minimum Gasteiger partial charge on any atom is -0.493 e. The van der Waals surface area contributed by atoms with Crippen molar-refractivity contribution in [3.63, 3.8) is 0 Å². The van der Waals surface area contributed by atoms with E-state index >= 15 is 0 Å². The van der Waals surface area contributed by atoms with Crippen LogP contribution in [0, 0.1) is 0 Å². The van der Waals surface area contributed by atoms with Crippen molar-refractivity contribution in [1.82, 2.24) is 0 Å². The highest BCUT2D eigenvalue weighted by Gasteiger charge is 2.11. The first-order valence-corrected chi connectivity index (χ1v) is 6.10. The topological polar surface area (TPSA) is 87.6 Å². The molecular weight excluding hydrogens is 280 g/mol. The summed E-state index contributed by atoms with van der Waals surface area (Å²) in [6, 6.07) is 9.54. The molecule has 0 saturated heterocycles. The van der Waals surface area contributed by atoms with Gasteiger partial charge in [-0.2, -0.15) is 0 Å². The Hall–Kier alpha value is -2.40. The molecule has 0 aliphatic rings. The number of primary amides is 1. The maximum absolute atomic E-state index is 11.1. The molecule has 2 rings (SSSR count). The molecule has 2 aromatic carbocycles. The number of carbonyl (C=O) groups is 1. The molecule has 0 unspecified atom stereocenters. The van der Waals surface area contributed by atoms with Crippen LogP contribution in [-0.2, 0) is 0 Å². The third-order valence-corrected chi connectivity index (χ3v) is 2.87. The van der Waals surface area contributed by atoms with E-state index in [4.69, 9.17) is 32.5 Å². The van der Waals surface area contributed by atoms with Gasteiger partial charge in [-0.25, -0.2) is 0 Å². The number of nitrogens with two attached hydrogens (primary N) is 2. The molecule has 0 heterocycles. The predicted octanol–water partition coefficient (Wildman–Crippen LogP) is 2.82. The maximum Gasteiger partial charge on any atom is 0.248 e. The Bertz CT molecular complexity index is 659. The lowest BCUT2D eigenvalue weighted by molar-refractivity contribution is 0.1000. The largest absolute Gasteiger partial charge is 0.493 e. The first kappa shape index (κ1) is 14.0. The van der Waals surface area contributed by atoms with Gasteiger partial charge in [0, 0.05) is 10.6 Å². The van der Waals surface area contributed by atoms with Gasteiger partial charge in [0.2, 0.25) is 5.91 Å². The van der Waals surface area contributed by atoms with Gasteiger partial charge in [-0.15, -0.1) is 0 Å². The monoisotopic (exact) mass is 292 g/mol. The summed E-state index contributed by atoms with van der Waals surface area (Å²) in [5, 5.41) is 0.519. The zero-order valence-electron chi connectivity index (χ0n) is 10.7. The average Bonchev–Trinajstić information content (AvgIpc) is 2.42. The number of carbonyl (C=O) groups excluding carboxylic acids is 1. The highest BCUT2D eigenvalue weighted by Crippen LogP contribution is 2.35. The van der Waals surface area contributed by atoms with Crippen LogP contribution in [0.2, 0.25) is 5.02 Å². The number of nitrogen functional groups attached to an aromatic ring is 1. The molecule has 20 heavy (non-hydrogen) atoms. The molecular formula is C14H13ClN2O3. The quantitative estimate of drug-likeness (QED) is 0.848. The molecule has 0 aromatic heterocycles. The molecule has 104 valence electrons. The van der Waals surface area contributed by atoms with E-state index in [2.05, 4.69) is 0 Å². The van der Waals surface area contributed by atoms with E-state index in [9.17, 15) is 4.79 Å². The number of amides is 1. The molecule has 0 aliphatic heterocycles. The number of methoxy groups -OCH3 is 1. The first-order chi connectivity index (χ1) is 9.51. The van der Waals surface area contributed by atoms with E-state index in [0.29, 0.717) is 33.5 Å². The summed E-state index contributed by atoms with van der Waals surface area (Å²) in [4.78, 5) is 11.1. The third-order valence-electron chi connectivity index (χ3n) is 2.64. The Balaban J connectivity index is 2.35. The fourth-order valence-corrected chi connectivity index (χ4v) is 1.82. The fraction of sp³-hybridized carbons (Fsp3) is 0.0714. The van der Waals surface area contributed by atoms with Crippen molar-refractivity contribution in [2.75, 3.05) is 12.8 Å². The molecule has 0 aliphatic carbocycles. The number of benzene rings is 2. The summed E-state index contributed by atoms with van der Waals surface area (Å²) in [5.74, 6) is 0.711. The molecule has 0 saturated carbocycles. The van der Waals surface area contributed by atoms with Crippen LogP contribution < -0.4 is 20.9 Å². The first-order valence-electron chi connectivity index (χ1n) is 5.72. The Morgan fingerprint density at radius 1 is 1.10 bits per heavy atom. The van der Waals surface area contributed by atoms with Gasteiger partial charge in [0.1, 0.15) is 0 Å². The SMILES string of the molecule is COc1cc(C(N)=O)ccc1Oc1ccc(Cl)cc1N. The maximum atomic E-state index is 11.1. The van der Waals surface area contributed by atoms with Gasteiger partial charge in [0.15, 0.2) is 17.2 Å². The summed E-state index contributed by atoms with van der Waals surface area (Å²) in [7, 11) is 1.47. The van der Waals surface area contributed by atoms with Gasteiger partial charge >= 0.3 is 0 Å². The summed E-state index contributed by atoms with van der Waals surface area (Å²) < 4.78 is 10.8. The van der Waals surface area contributed by atoms with Crippen LogP contribution in [0.25, 0.3) is 0 Å². The number of anilines is 1. The minimum absolute atomic E-state index is 0.332. The smallest absolute Gasteiger partial charge is 0.248 e. The average molecular weight is 293 g/mol. The van der Waals surface area contributed by atoms with Crippen LogP contribution in [0.15, 0.2) is 36.4 Å². The molecule has 5 nitrogen and oxygen atoms in total. The van der Waals surface area contributed by atoms with E-state index in [0.717, 1.165) is 0 Å². The Kier molecular flexibility index (Phi) is 4.00. The predicted molar refractivity (Wildman–Crippen MR) is 77.5 cm³/mol. The number of hydrogen-bond donors (Lipinski definition) is 2. The normalized spacial score (nSPS) is 10.1. The van der Waals surface area contributed by atoms with Crippen LogP contribution in [0.1, 0.15) is 10.4 Å². The number of halogens is 1. The van der Waals surface area contributed by atoms with Crippen LogP contribution in [0.5, 0.6) is 17.2 Å². The number of rotatable bonds is 4. The van der Waals surface area contributed by atoms with Crippen molar-refractivity contribution in [2.24, 2.45) is 5.73 Å². The second-order valence-electron chi connectivity index (χ2n) is 4.01. The van der Waals surface area contributed by atoms with E-state index < -0.39 is 5.91 Å². The molecule has 0 radical (unpaired) electrons. The summed E-state index contributed by atoms with van der Waals surface area (Å²) in [5.41, 5.74) is 11.8. The van der Waals surface area contributed by atoms with Gasteiger partial charge in [-0.05, 0) is 36.4 Å².